The summed E-state index contributed by atoms with van der Waals surface area (Å²) in [6.45, 7) is 4.66. The third-order valence-electron chi connectivity index (χ3n) is 3.87. The Morgan fingerprint density at radius 1 is 1.24 bits per heavy atom. The lowest BCUT2D eigenvalue weighted by atomic mass is 10.1. The van der Waals surface area contributed by atoms with E-state index in [9.17, 15) is 4.79 Å². The predicted octanol–water partition coefficient (Wildman–Crippen LogP) is 2.25. The molecule has 1 aliphatic rings. The quantitative estimate of drug-likeness (QED) is 0.803. The third-order valence-corrected chi connectivity index (χ3v) is 4.50. The van der Waals surface area contributed by atoms with Gasteiger partial charge in [0.25, 0.3) is 0 Å². The molecule has 0 unspecified atom stereocenters. The van der Waals surface area contributed by atoms with Crippen molar-refractivity contribution >= 4 is 44.1 Å². The van der Waals surface area contributed by atoms with E-state index in [1.807, 2.05) is 29.3 Å². The minimum absolute atomic E-state index is 0.132. The Hall–Kier alpha value is -1.82. The average molecular weight is 349 g/mol. The first-order valence-electron chi connectivity index (χ1n) is 6.90. The first-order chi connectivity index (χ1) is 10.1. The van der Waals surface area contributed by atoms with Crippen molar-refractivity contribution in [2.75, 3.05) is 36.8 Å². The topological polar surface area (TPSA) is 62.5 Å². The molecule has 0 spiro atoms. The minimum Gasteiger partial charge on any atom is -0.399 e. The van der Waals surface area contributed by atoms with Gasteiger partial charge in [-0.05, 0) is 28.1 Å². The first-order valence-corrected chi connectivity index (χ1v) is 7.70. The molecule has 110 valence electrons. The fraction of sp³-hybridized carbons (Fsp3) is 0.333. The average Bonchev–Trinajstić information content (AvgIpc) is 2.47. The van der Waals surface area contributed by atoms with Gasteiger partial charge in [-0.2, -0.15) is 0 Å². The van der Waals surface area contributed by atoms with Crippen LogP contribution in [0.15, 0.2) is 28.9 Å². The lowest BCUT2D eigenvalue weighted by Crippen LogP contribution is -2.48. The number of hydrogen-bond acceptors (Lipinski definition) is 4. The van der Waals surface area contributed by atoms with Crippen LogP contribution in [0.3, 0.4) is 0 Å². The second-order valence-electron chi connectivity index (χ2n) is 5.23. The van der Waals surface area contributed by atoms with Gasteiger partial charge in [0, 0.05) is 60.2 Å². The van der Waals surface area contributed by atoms with Gasteiger partial charge < -0.3 is 15.5 Å². The maximum Gasteiger partial charge on any atom is 0.219 e. The number of halogens is 1. The molecule has 2 heterocycles. The molecule has 2 N–H and O–H groups in total. The van der Waals surface area contributed by atoms with Crippen LogP contribution in [0.1, 0.15) is 6.92 Å². The molecule has 1 aliphatic heterocycles. The fourth-order valence-corrected chi connectivity index (χ4v) is 3.15. The summed E-state index contributed by atoms with van der Waals surface area (Å²) in [6.07, 6.45) is 1.82. The summed E-state index contributed by atoms with van der Waals surface area (Å²) in [5.74, 6) is 1.07. The van der Waals surface area contributed by atoms with E-state index in [2.05, 4.69) is 25.8 Å². The molecule has 1 aromatic heterocycles. The number of piperazine rings is 1. The van der Waals surface area contributed by atoms with Crippen molar-refractivity contribution in [3.05, 3.63) is 28.9 Å². The summed E-state index contributed by atoms with van der Waals surface area (Å²) in [5, 5.41) is 2.14. The van der Waals surface area contributed by atoms with Gasteiger partial charge in [-0.3, -0.25) is 4.79 Å². The summed E-state index contributed by atoms with van der Waals surface area (Å²) in [5.41, 5.74) is 6.65. The van der Waals surface area contributed by atoms with Gasteiger partial charge in [0.15, 0.2) is 0 Å². The molecule has 1 fully saturated rings. The van der Waals surface area contributed by atoms with E-state index in [4.69, 9.17) is 5.73 Å². The molecule has 3 rings (SSSR count). The lowest BCUT2D eigenvalue weighted by Gasteiger charge is -2.35. The van der Waals surface area contributed by atoms with Gasteiger partial charge in [-0.15, -0.1) is 0 Å². The minimum atomic E-state index is 0.132. The molecule has 0 radical (unpaired) electrons. The van der Waals surface area contributed by atoms with Crippen LogP contribution in [-0.4, -0.2) is 42.0 Å². The van der Waals surface area contributed by atoms with E-state index in [1.165, 1.54) is 0 Å². The summed E-state index contributed by atoms with van der Waals surface area (Å²) in [7, 11) is 0. The molecule has 1 aromatic carbocycles. The Kier molecular flexibility index (Phi) is 3.71. The highest BCUT2D eigenvalue weighted by Gasteiger charge is 2.21. The zero-order valence-electron chi connectivity index (χ0n) is 11.8. The van der Waals surface area contributed by atoms with Crippen LogP contribution in [0.5, 0.6) is 0 Å². The molecule has 0 aliphatic carbocycles. The summed E-state index contributed by atoms with van der Waals surface area (Å²) >= 11 is 3.53. The Balaban J connectivity index is 1.96. The van der Waals surface area contributed by atoms with Crippen LogP contribution in [0, 0.1) is 0 Å². The SMILES string of the molecule is CC(=O)N1CCN(c2ncc(Br)c3ccc(N)cc23)CC1. The number of fused-ring (bicyclic) bond motifs is 1. The third kappa shape index (κ3) is 2.68. The van der Waals surface area contributed by atoms with E-state index < -0.39 is 0 Å². The number of anilines is 2. The number of nitrogens with two attached hydrogens (primary N) is 1. The number of carbonyl (C=O) groups is 1. The van der Waals surface area contributed by atoms with Gasteiger partial charge in [-0.25, -0.2) is 4.98 Å². The van der Waals surface area contributed by atoms with Crippen LogP contribution in [0.2, 0.25) is 0 Å². The number of nitrogen functional groups attached to an aromatic ring is 1. The predicted molar refractivity (Wildman–Crippen MR) is 88.3 cm³/mol. The van der Waals surface area contributed by atoms with Crippen molar-refractivity contribution in [2.24, 2.45) is 0 Å². The molecule has 0 atom stereocenters. The second-order valence-corrected chi connectivity index (χ2v) is 6.08. The number of carbonyl (C=O) groups excluding carboxylic acids is 1. The van der Waals surface area contributed by atoms with Crippen LogP contribution >= 0.6 is 15.9 Å². The number of benzene rings is 1. The molecule has 1 saturated heterocycles. The highest BCUT2D eigenvalue weighted by molar-refractivity contribution is 9.10. The number of rotatable bonds is 1. The maximum absolute atomic E-state index is 11.4. The Labute approximate surface area is 131 Å². The highest BCUT2D eigenvalue weighted by Crippen LogP contribution is 2.32. The molecule has 5 nitrogen and oxygen atoms in total. The number of aromatic nitrogens is 1. The Bertz CT molecular complexity index is 695. The summed E-state index contributed by atoms with van der Waals surface area (Å²) in [4.78, 5) is 20.1. The molecule has 6 heteroatoms. The molecule has 1 amide bonds. The smallest absolute Gasteiger partial charge is 0.219 e. The second kappa shape index (κ2) is 5.52. The Morgan fingerprint density at radius 3 is 2.62 bits per heavy atom. The number of hydrogen-bond donors (Lipinski definition) is 1. The number of nitrogens with zero attached hydrogens (tertiary/aromatic N) is 3. The molecule has 21 heavy (non-hydrogen) atoms. The summed E-state index contributed by atoms with van der Waals surface area (Å²) in [6, 6.07) is 5.86. The number of amides is 1. The molecular weight excluding hydrogens is 332 g/mol. The van der Waals surface area contributed by atoms with Crippen molar-refractivity contribution < 1.29 is 4.79 Å². The van der Waals surface area contributed by atoms with Gasteiger partial charge in [-0.1, -0.05) is 6.07 Å². The van der Waals surface area contributed by atoms with Crippen LogP contribution in [0.4, 0.5) is 11.5 Å². The number of pyridine rings is 1. The van der Waals surface area contributed by atoms with E-state index in [-0.39, 0.29) is 5.91 Å². The van der Waals surface area contributed by atoms with Crippen molar-refractivity contribution in [3.8, 4) is 0 Å². The monoisotopic (exact) mass is 348 g/mol. The molecular formula is C15H17BrN4O. The maximum atomic E-state index is 11.4. The van der Waals surface area contributed by atoms with Crippen molar-refractivity contribution in [1.29, 1.82) is 0 Å². The van der Waals surface area contributed by atoms with E-state index >= 15 is 0 Å². The van der Waals surface area contributed by atoms with E-state index in [1.54, 1.807) is 6.92 Å². The van der Waals surface area contributed by atoms with Crippen LogP contribution in [-0.2, 0) is 4.79 Å². The summed E-state index contributed by atoms with van der Waals surface area (Å²) < 4.78 is 0.962. The van der Waals surface area contributed by atoms with Crippen LogP contribution < -0.4 is 10.6 Å². The zero-order chi connectivity index (χ0) is 15.0. The van der Waals surface area contributed by atoms with Crippen molar-refractivity contribution in [1.82, 2.24) is 9.88 Å². The van der Waals surface area contributed by atoms with Crippen LogP contribution in [0.25, 0.3) is 10.8 Å². The fourth-order valence-electron chi connectivity index (χ4n) is 2.70. The molecule has 0 saturated carbocycles. The largest absolute Gasteiger partial charge is 0.399 e. The molecule has 2 aromatic rings. The van der Waals surface area contributed by atoms with Gasteiger partial charge in [0.2, 0.25) is 5.91 Å². The highest BCUT2D eigenvalue weighted by atomic mass is 79.9. The standard InChI is InChI=1S/C15H17BrN4O/c1-10(21)19-4-6-20(7-5-19)15-13-8-11(17)2-3-12(13)14(16)9-18-15/h2-3,8-9H,4-7,17H2,1H3. The van der Waals surface area contributed by atoms with E-state index in [0.29, 0.717) is 0 Å². The van der Waals surface area contributed by atoms with Crippen molar-refractivity contribution in [2.45, 2.75) is 6.92 Å². The molecule has 0 bridgehead atoms. The van der Waals surface area contributed by atoms with Gasteiger partial charge in [0.05, 0.1) is 0 Å². The first kappa shape index (κ1) is 14.1. The normalized spacial score (nSPS) is 15.5. The Morgan fingerprint density at radius 2 is 1.95 bits per heavy atom. The van der Waals surface area contributed by atoms with E-state index in [0.717, 1.165) is 52.9 Å². The van der Waals surface area contributed by atoms with Gasteiger partial charge in [0.1, 0.15) is 5.82 Å². The van der Waals surface area contributed by atoms with Gasteiger partial charge >= 0.3 is 0 Å². The lowest BCUT2D eigenvalue weighted by molar-refractivity contribution is -0.129. The zero-order valence-corrected chi connectivity index (χ0v) is 13.4. The van der Waals surface area contributed by atoms with Crippen molar-refractivity contribution in [3.63, 3.8) is 0 Å².